The molecule has 1 aliphatic heterocycles. The molecular weight excluding hydrogens is 359 g/mol. The van der Waals surface area contributed by atoms with Gasteiger partial charge >= 0.3 is 0 Å². The lowest BCUT2D eigenvalue weighted by Gasteiger charge is -2.16. The first-order chi connectivity index (χ1) is 12.3. The number of nitrogens with zero attached hydrogens (tertiary/aromatic N) is 1. The van der Waals surface area contributed by atoms with Gasteiger partial charge in [0.1, 0.15) is 17.3 Å². The fraction of sp³-hybridized carbons (Fsp3) is 0.111. The predicted octanol–water partition coefficient (Wildman–Crippen LogP) is 2.37. The van der Waals surface area contributed by atoms with Crippen LogP contribution in [0.15, 0.2) is 60.2 Å². The molecule has 8 heteroatoms. The molecule has 0 fully saturated rings. The van der Waals surface area contributed by atoms with Gasteiger partial charge in [0.15, 0.2) is 0 Å². The van der Waals surface area contributed by atoms with E-state index in [1.54, 1.807) is 30.3 Å². The molecule has 0 atom stereocenters. The molecule has 0 aliphatic carbocycles. The van der Waals surface area contributed by atoms with Gasteiger partial charge in [-0.25, -0.2) is 17.1 Å². The molecule has 0 aromatic heterocycles. The Morgan fingerprint density at radius 2 is 1.69 bits per heavy atom. The maximum atomic E-state index is 12.9. The van der Waals surface area contributed by atoms with E-state index in [4.69, 9.17) is 0 Å². The minimum Gasteiger partial charge on any atom is -0.325 e. The number of carbonyl (C=O) groups is 2. The number of sulfonamides is 1. The highest BCUT2D eigenvalue weighted by Crippen LogP contribution is 2.35. The van der Waals surface area contributed by atoms with Crippen LogP contribution in [0.25, 0.3) is 4.91 Å². The Morgan fingerprint density at radius 1 is 1.08 bits per heavy atom. The fourth-order valence-electron chi connectivity index (χ4n) is 2.67. The molecule has 0 spiro atoms. The topological polar surface area (TPSA) is 83.6 Å². The number of carbonyl (C=O) groups excluding carboxylic acids is 2. The summed E-state index contributed by atoms with van der Waals surface area (Å²) in [5, 5.41) is 2.44. The molecular formula is C18H15FN2O4S. The molecule has 0 saturated heterocycles. The normalized spacial score (nSPS) is 16.1. The number of anilines is 1. The lowest BCUT2D eigenvalue weighted by atomic mass is 10.1. The first-order valence-corrected chi connectivity index (χ1v) is 9.13. The minimum absolute atomic E-state index is 0.0609. The van der Waals surface area contributed by atoms with Gasteiger partial charge in [-0.3, -0.25) is 9.59 Å². The standard InChI is InChI=1S/C18H15FN2O4S/c1-12-17(13-5-3-2-4-6-13)26(24,25)21(18(12)23)11-16(22)20-15-9-7-14(19)8-10-15/h2-10H,11H2,1H3,(H,20,22). The predicted molar refractivity (Wildman–Crippen MR) is 94.7 cm³/mol. The Bertz CT molecular complexity index is 999. The van der Waals surface area contributed by atoms with Gasteiger partial charge in [0.25, 0.3) is 15.9 Å². The number of halogens is 1. The smallest absolute Gasteiger partial charge is 0.268 e. The maximum Gasteiger partial charge on any atom is 0.268 e. The summed E-state index contributed by atoms with van der Waals surface area (Å²) in [5.41, 5.74) is 0.749. The maximum absolute atomic E-state index is 12.9. The van der Waals surface area contributed by atoms with Gasteiger partial charge < -0.3 is 5.32 Å². The van der Waals surface area contributed by atoms with Crippen LogP contribution in [0.3, 0.4) is 0 Å². The monoisotopic (exact) mass is 374 g/mol. The van der Waals surface area contributed by atoms with Crippen LogP contribution in [-0.4, -0.2) is 31.1 Å². The van der Waals surface area contributed by atoms with E-state index >= 15 is 0 Å². The number of nitrogens with one attached hydrogen (secondary N) is 1. The summed E-state index contributed by atoms with van der Waals surface area (Å²) in [6.45, 7) is 0.756. The molecule has 1 heterocycles. The van der Waals surface area contributed by atoms with Crippen LogP contribution >= 0.6 is 0 Å². The first-order valence-electron chi connectivity index (χ1n) is 7.69. The van der Waals surface area contributed by atoms with Crippen molar-refractivity contribution in [2.75, 3.05) is 11.9 Å². The van der Waals surface area contributed by atoms with Crippen molar-refractivity contribution >= 4 is 32.4 Å². The highest BCUT2D eigenvalue weighted by Gasteiger charge is 2.43. The van der Waals surface area contributed by atoms with Gasteiger partial charge in [0, 0.05) is 11.3 Å². The zero-order valence-electron chi connectivity index (χ0n) is 13.8. The Hall–Kier alpha value is -3.00. The second-order valence-corrected chi connectivity index (χ2v) is 7.49. The van der Waals surface area contributed by atoms with Crippen LogP contribution in [0.2, 0.25) is 0 Å². The summed E-state index contributed by atoms with van der Waals surface area (Å²) >= 11 is 0. The number of amides is 2. The van der Waals surface area contributed by atoms with Gasteiger partial charge in [-0.2, -0.15) is 0 Å². The van der Waals surface area contributed by atoms with Gasteiger partial charge in [-0.15, -0.1) is 0 Å². The molecule has 2 aromatic rings. The van der Waals surface area contributed by atoms with Crippen molar-refractivity contribution in [3.8, 4) is 0 Å². The van der Waals surface area contributed by atoms with Gasteiger partial charge in [0.05, 0.1) is 0 Å². The van der Waals surface area contributed by atoms with E-state index in [1.165, 1.54) is 19.1 Å². The first kappa shape index (κ1) is 17.8. The Morgan fingerprint density at radius 3 is 2.31 bits per heavy atom. The molecule has 134 valence electrons. The summed E-state index contributed by atoms with van der Waals surface area (Å²) < 4.78 is 39.0. The van der Waals surface area contributed by atoms with E-state index in [-0.39, 0.29) is 10.5 Å². The van der Waals surface area contributed by atoms with Crippen LogP contribution in [0.4, 0.5) is 10.1 Å². The summed E-state index contributed by atoms with van der Waals surface area (Å²) in [6, 6.07) is 13.2. The summed E-state index contributed by atoms with van der Waals surface area (Å²) in [7, 11) is -4.13. The van der Waals surface area contributed by atoms with Crippen molar-refractivity contribution in [1.29, 1.82) is 0 Å². The average molecular weight is 374 g/mol. The summed E-state index contributed by atoms with van der Waals surface area (Å²) in [6.07, 6.45) is 0. The van der Waals surface area contributed by atoms with E-state index < -0.39 is 34.2 Å². The molecule has 0 bridgehead atoms. The average Bonchev–Trinajstić information content (AvgIpc) is 2.77. The molecule has 0 saturated carbocycles. The highest BCUT2D eigenvalue weighted by molar-refractivity contribution is 7.99. The van der Waals surface area contributed by atoms with Crippen molar-refractivity contribution in [2.45, 2.75) is 6.92 Å². The molecule has 0 radical (unpaired) electrons. The molecule has 1 N–H and O–H groups in total. The number of rotatable bonds is 4. The molecule has 0 unspecified atom stereocenters. The summed E-state index contributed by atoms with van der Waals surface area (Å²) in [5.74, 6) is -1.90. The second kappa shape index (κ2) is 6.72. The van der Waals surface area contributed by atoms with E-state index in [0.717, 1.165) is 12.1 Å². The van der Waals surface area contributed by atoms with Gasteiger partial charge in [0.2, 0.25) is 5.91 Å². The van der Waals surface area contributed by atoms with E-state index in [2.05, 4.69) is 5.32 Å². The van der Waals surface area contributed by atoms with E-state index in [9.17, 15) is 22.4 Å². The largest absolute Gasteiger partial charge is 0.325 e. The molecule has 2 amide bonds. The molecule has 2 aromatic carbocycles. The molecule has 26 heavy (non-hydrogen) atoms. The number of hydrogen-bond acceptors (Lipinski definition) is 4. The zero-order valence-corrected chi connectivity index (χ0v) is 14.6. The quantitative estimate of drug-likeness (QED) is 0.891. The Balaban J connectivity index is 1.82. The SMILES string of the molecule is CC1=C(c2ccccc2)S(=O)(=O)N(CC(=O)Nc2ccc(F)cc2)C1=O. The van der Waals surface area contributed by atoms with Gasteiger partial charge in [-0.1, -0.05) is 30.3 Å². The van der Waals surface area contributed by atoms with Gasteiger partial charge in [-0.05, 0) is 36.8 Å². The van der Waals surface area contributed by atoms with Crippen molar-refractivity contribution in [3.63, 3.8) is 0 Å². The summed E-state index contributed by atoms with van der Waals surface area (Å²) in [4.78, 5) is 24.5. The van der Waals surface area contributed by atoms with Crippen LogP contribution < -0.4 is 5.32 Å². The molecule has 1 aliphatic rings. The minimum atomic E-state index is -4.13. The van der Waals surface area contributed by atoms with E-state index in [1.807, 2.05) is 0 Å². The second-order valence-electron chi connectivity index (χ2n) is 5.69. The van der Waals surface area contributed by atoms with Crippen LogP contribution in [-0.2, 0) is 19.6 Å². The Labute approximate surface area is 150 Å². The molecule has 3 rings (SSSR count). The van der Waals surface area contributed by atoms with Crippen molar-refractivity contribution in [3.05, 3.63) is 71.6 Å². The molecule has 6 nitrogen and oxygen atoms in total. The lowest BCUT2D eigenvalue weighted by Crippen LogP contribution is -2.38. The third-order valence-electron chi connectivity index (χ3n) is 3.89. The van der Waals surface area contributed by atoms with Crippen LogP contribution in [0, 0.1) is 5.82 Å². The number of hydrogen-bond donors (Lipinski definition) is 1. The Kier molecular flexibility index (Phi) is 4.60. The van der Waals surface area contributed by atoms with Crippen molar-refractivity contribution in [2.24, 2.45) is 0 Å². The van der Waals surface area contributed by atoms with Crippen LogP contribution in [0.5, 0.6) is 0 Å². The highest BCUT2D eigenvalue weighted by atomic mass is 32.2. The van der Waals surface area contributed by atoms with Crippen molar-refractivity contribution in [1.82, 2.24) is 4.31 Å². The van der Waals surface area contributed by atoms with E-state index in [0.29, 0.717) is 15.6 Å². The van der Waals surface area contributed by atoms with Crippen LogP contribution in [0.1, 0.15) is 12.5 Å². The number of benzene rings is 2. The zero-order chi connectivity index (χ0) is 18.9. The third kappa shape index (κ3) is 3.23. The third-order valence-corrected chi connectivity index (χ3v) is 5.82. The fourth-order valence-corrected chi connectivity index (χ4v) is 4.44. The lowest BCUT2D eigenvalue weighted by molar-refractivity contribution is -0.126. The van der Waals surface area contributed by atoms with Crippen molar-refractivity contribution < 1.29 is 22.4 Å².